The Morgan fingerprint density at radius 2 is 1.49 bits per heavy atom. The minimum Gasteiger partial charge on any atom is -0.460 e. The van der Waals surface area contributed by atoms with Crippen LogP contribution in [0.5, 0.6) is 0 Å². The fraction of sp³-hybridized carbons (Fsp3) is 0.667. The number of ketones is 3. The zero-order valence-corrected chi connectivity index (χ0v) is 52.1. The Bertz CT molecular complexity index is 2660. The van der Waals surface area contributed by atoms with E-state index in [2.05, 4.69) is 0 Å². The predicted molar refractivity (Wildman–Crippen MR) is 311 cm³/mol. The number of hydrogen-bond donors (Lipinski definition) is 6. The average molecular weight is 1220 g/mol. The van der Waals surface area contributed by atoms with Crippen LogP contribution in [0, 0.1) is 35.5 Å². The Balaban J connectivity index is 1.41. The Hall–Kier alpha value is -4.54. The standard InChI is InChI=1S/C60H90N2O20P2/c1-35-17-13-12-14-18-36(2)49(77-9)33-45-26-20-41(7)60(70,82-45)55(66)56(67)62-28-16-15-19-46(62)57(68)80-50(34-47(63)37(3)30-40(6)53(65)54(79-11)52(64)39(5)29-35)38(4)31-42-21-27-48(51(32-42)78-10)81-59(69)61(8)44-24-22-43(23-25-44)58(83(71,72)73)84(74,75)76/h12-14,17-18,22-25,30,35,37-39,41-42,45-46,48-51,53-54,58,65,70H,15-16,19-21,26-29,31-34H2,1-11H3,(H2,71,72,73)(H2,74,75,76)/b14-12+,17-13+,36-18+,40-30+/t35-,37-,38-,39-,41-,42-,45+,46+,48-,49+,50+,51-,53-,54+,60-/m1/s1. The zero-order chi connectivity index (χ0) is 62.6. The molecule has 1 aliphatic carbocycles. The lowest BCUT2D eigenvalue weighted by Gasteiger charge is -2.42. The number of piperidine rings is 1. The van der Waals surface area contributed by atoms with Crippen molar-refractivity contribution in [2.24, 2.45) is 35.5 Å². The van der Waals surface area contributed by atoms with Gasteiger partial charge in [-0.25, -0.2) is 9.59 Å². The van der Waals surface area contributed by atoms with Crippen LogP contribution in [0.1, 0.15) is 136 Å². The van der Waals surface area contributed by atoms with Gasteiger partial charge in [0.2, 0.25) is 5.79 Å². The van der Waals surface area contributed by atoms with E-state index in [1.807, 2.05) is 51.2 Å². The minimum atomic E-state index is -5.28. The van der Waals surface area contributed by atoms with E-state index in [4.69, 9.17) is 28.4 Å². The molecule has 2 bridgehead atoms. The van der Waals surface area contributed by atoms with E-state index in [-0.39, 0.29) is 60.5 Å². The number of allylic oxidation sites excluding steroid dienone is 6. The van der Waals surface area contributed by atoms with Crippen LogP contribution < -0.4 is 4.90 Å². The summed E-state index contributed by atoms with van der Waals surface area (Å²) in [5.74, 6) is -9.11. The van der Waals surface area contributed by atoms with E-state index < -0.39 is 123 Å². The summed E-state index contributed by atoms with van der Waals surface area (Å²) in [6, 6.07) is 3.51. The molecule has 5 rings (SSSR count). The second kappa shape index (κ2) is 30.9. The van der Waals surface area contributed by atoms with E-state index in [0.29, 0.717) is 63.4 Å². The van der Waals surface area contributed by atoms with Crippen LogP contribution in [0.4, 0.5) is 10.5 Å². The van der Waals surface area contributed by atoms with Gasteiger partial charge in [0, 0.05) is 71.2 Å². The van der Waals surface area contributed by atoms with Crippen LogP contribution in [-0.4, -0.2) is 159 Å². The zero-order valence-electron chi connectivity index (χ0n) is 50.3. The molecule has 1 saturated carbocycles. The van der Waals surface area contributed by atoms with Crippen molar-refractivity contribution in [1.29, 1.82) is 0 Å². The summed E-state index contributed by atoms with van der Waals surface area (Å²) in [4.78, 5) is 126. The maximum atomic E-state index is 14.7. The molecule has 3 heterocycles. The van der Waals surface area contributed by atoms with Gasteiger partial charge >= 0.3 is 27.3 Å². The van der Waals surface area contributed by atoms with Crippen LogP contribution in [0.25, 0.3) is 0 Å². The molecule has 2 amide bonds. The van der Waals surface area contributed by atoms with Gasteiger partial charge in [-0.3, -0.25) is 33.2 Å². The molecule has 3 aliphatic heterocycles. The maximum absolute atomic E-state index is 14.7. The monoisotopic (exact) mass is 1220 g/mol. The van der Waals surface area contributed by atoms with E-state index in [0.717, 1.165) is 27.5 Å². The highest BCUT2D eigenvalue weighted by Crippen LogP contribution is 2.69. The van der Waals surface area contributed by atoms with E-state index in [9.17, 15) is 67.7 Å². The van der Waals surface area contributed by atoms with Gasteiger partial charge in [-0.2, -0.15) is 0 Å². The summed E-state index contributed by atoms with van der Waals surface area (Å²) in [5.41, 5.74) is 1.03. The number of anilines is 1. The van der Waals surface area contributed by atoms with Crippen LogP contribution in [0.15, 0.2) is 71.9 Å². The number of carbonyl (C=O) groups excluding carboxylic acids is 6. The highest BCUT2D eigenvalue weighted by atomic mass is 31.2. The molecule has 24 heteroatoms. The molecule has 0 unspecified atom stereocenters. The molecule has 2 saturated heterocycles. The third-order valence-electron chi connectivity index (χ3n) is 17.2. The third kappa shape index (κ3) is 18.3. The quantitative estimate of drug-likeness (QED) is 0.0532. The van der Waals surface area contributed by atoms with Crippen LogP contribution >= 0.6 is 15.2 Å². The lowest BCUT2D eigenvalue weighted by Crippen LogP contribution is -2.61. The van der Waals surface area contributed by atoms with Crippen molar-refractivity contribution in [3.63, 3.8) is 0 Å². The van der Waals surface area contributed by atoms with Gasteiger partial charge in [-0.15, -0.1) is 0 Å². The van der Waals surface area contributed by atoms with Gasteiger partial charge in [0.25, 0.3) is 11.7 Å². The van der Waals surface area contributed by atoms with Crippen LogP contribution in [0.2, 0.25) is 0 Å². The number of Topliss-reactive ketones (excluding diaryl/α,β-unsaturated/α-hetero) is 3. The third-order valence-corrected chi connectivity index (χ3v) is 20.9. The number of benzene rings is 1. The Morgan fingerprint density at radius 3 is 2.11 bits per heavy atom. The molecule has 22 nitrogen and oxygen atoms in total. The molecule has 0 spiro atoms. The molecule has 84 heavy (non-hydrogen) atoms. The molecule has 3 fully saturated rings. The molecular weight excluding hydrogens is 1130 g/mol. The summed E-state index contributed by atoms with van der Waals surface area (Å²) in [6.45, 7) is 12.4. The molecular formula is C60H90N2O20P2. The topological polar surface area (TPSA) is 320 Å². The summed E-state index contributed by atoms with van der Waals surface area (Å²) in [5, 5.41) is 21.2. The number of fused-ring (bicyclic) bond motifs is 3. The Morgan fingerprint density at radius 1 is 0.821 bits per heavy atom. The molecule has 0 radical (unpaired) electrons. The number of carbonyl (C=O) groups is 6. The number of esters is 1. The Kier molecular flexibility index (Phi) is 25.8. The first kappa shape index (κ1) is 70.2. The maximum Gasteiger partial charge on any atom is 0.414 e. The summed E-state index contributed by atoms with van der Waals surface area (Å²) in [6.07, 6.45) is 7.93. The first-order valence-electron chi connectivity index (χ1n) is 29.0. The van der Waals surface area contributed by atoms with Gasteiger partial charge in [-0.1, -0.05) is 83.2 Å². The number of aliphatic hydroxyl groups is 2. The van der Waals surface area contributed by atoms with Crippen molar-refractivity contribution in [3.05, 3.63) is 77.4 Å². The SMILES string of the molecule is CO[C@H]1C[C@@H]2CC[C@@H](C)[C@@](O)(O2)C(=O)C(=O)N2CCCC[C@H]2C(=O)O[C@H]([C@H](C)C[C@H]2CC[C@@H](OC(=O)N(C)c3ccc(C(P(=O)(O)O)P(=O)(O)O)cc3)[C@H](OC)C2)CC(=O)[C@H](C)/C=C(\C)[C@@H](O)[C@@H](OC)C(=O)[C@H](C)C[C@H](C)/C=C/C=C/C=C/1C. The first-order chi connectivity index (χ1) is 39.4. The number of hydrogen-bond acceptors (Lipinski definition) is 16. The normalized spacial score (nSPS) is 34.3. The molecule has 15 atom stereocenters. The molecule has 1 aromatic rings. The van der Waals surface area contributed by atoms with Crippen LogP contribution in [0.3, 0.4) is 0 Å². The second-order valence-electron chi connectivity index (χ2n) is 23.6. The summed E-state index contributed by atoms with van der Waals surface area (Å²) < 4.78 is 59.7. The van der Waals surface area contributed by atoms with Crippen molar-refractivity contribution in [1.82, 2.24) is 4.90 Å². The van der Waals surface area contributed by atoms with Gasteiger partial charge in [0.15, 0.2) is 11.2 Å². The molecule has 1 aromatic carbocycles. The van der Waals surface area contributed by atoms with Crippen molar-refractivity contribution in [3.8, 4) is 0 Å². The predicted octanol–water partition coefficient (Wildman–Crippen LogP) is 7.82. The van der Waals surface area contributed by atoms with E-state index >= 15 is 0 Å². The Labute approximate surface area is 493 Å². The molecule has 470 valence electrons. The molecule has 0 aromatic heterocycles. The van der Waals surface area contributed by atoms with E-state index in [1.165, 1.54) is 33.4 Å². The lowest BCUT2D eigenvalue weighted by molar-refractivity contribution is -0.265. The van der Waals surface area contributed by atoms with Crippen molar-refractivity contribution in [2.75, 3.05) is 39.8 Å². The minimum absolute atomic E-state index is 0.00933. The summed E-state index contributed by atoms with van der Waals surface area (Å²) >= 11 is 0. The van der Waals surface area contributed by atoms with Gasteiger partial charge in [0.1, 0.15) is 36.2 Å². The molecule has 6 N–H and O–H groups in total. The number of aliphatic hydroxyl groups excluding tert-OH is 1. The van der Waals surface area contributed by atoms with E-state index in [1.54, 1.807) is 40.9 Å². The first-order valence-corrected chi connectivity index (χ1v) is 32.4. The van der Waals surface area contributed by atoms with Crippen molar-refractivity contribution in [2.45, 2.75) is 185 Å². The van der Waals surface area contributed by atoms with Crippen molar-refractivity contribution >= 4 is 56.2 Å². The van der Waals surface area contributed by atoms with Gasteiger partial charge in [0.05, 0.1) is 18.3 Å². The lowest BCUT2D eigenvalue weighted by atomic mass is 9.78. The smallest absolute Gasteiger partial charge is 0.414 e. The number of amides is 2. The molecule has 4 aliphatic rings. The number of cyclic esters (lactones) is 1. The largest absolute Gasteiger partial charge is 0.460 e. The average Bonchev–Trinajstić information content (AvgIpc) is 3.55. The number of ether oxygens (including phenoxy) is 6. The van der Waals surface area contributed by atoms with Crippen molar-refractivity contribution < 1.29 is 96.1 Å². The fourth-order valence-electron chi connectivity index (χ4n) is 12.0. The fourth-order valence-corrected chi connectivity index (χ4v) is 14.7. The highest BCUT2D eigenvalue weighted by molar-refractivity contribution is 7.70. The van der Waals surface area contributed by atoms with Gasteiger partial charge in [-0.05, 0) is 125 Å². The second-order valence-corrected chi connectivity index (χ2v) is 27.4. The number of rotatable bonds is 11. The highest BCUT2D eigenvalue weighted by Gasteiger charge is 2.53. The van der Waals surface area contributed by atoms with Crippen LogP contribution in [-0.2, 0) is 61.5 Å². The van der Waals surface area contributed by atoms with Gasteiger partial charge < -0.3 is 63.1 Å². The summed E-state index contributed by atoms with van der Waals surface area (Å²) in [7, 11) is -4.81. The number of nitrogens with zero attached hydrogens (tertiary/aromatic N) is 2. The number of methoxy groups -OCH3 is 3.